The van der Waals surface area contributed by atoms with Crippen LogP contribution in [0.2, 0.25) is 0 Å². The van der Waals surface area contributed by atoms with E-state index in [1.807, 2.05) is 50.2 Å². The molecule has 1 aliphatic rings. The Hall–Kier alpha value is -4.04. The number of amides is 1. The highest BCUT2D eigenvalue weighted by molar-refractivity contribution is 7.80. The first kappa shape index (κ1) is 25.6. The van der Waals surface area contributed by atoms with Crippen LogP contribution in [-0.4, -0.2) is 20.6 Å². The molecular weight excluding hydrogens is 497 g/mol. The van der Waals surface area contributed by atoms with E-state index < -0.39 is 0 Å². The van der Waals surface area contributed by atoms with Crippen molar-refractivity contribution in [2.45, 2.75) is 46.2 Å². The van der Waals surface area contributed by atoms with E-state index in [0.29, 0.717) is 11.5 Å². The van der Waals surface area contributed by atoms with E-state index in [9.17, 15) is 9.18 Å². The van der Waals surface area contributed by atoms with E-state index >= 15 is 0 Å². The molecule has 1 aliphatic heterocycles. The van der Waals surface area contributed by atoms with Crippen molar-refractivity contribution in [2.24, 2.45) is 0 Å². The number of hydrogen-bond acceptors (Lipinski definition) is 3. The molecule has 2 aromatic carbocycles. The molecule has 194 valence electrons. The lowest BCUT2D eigenvalue weighted by Crippen LogP contribution is -2.29. The van der Waals surface area contributed by atoms with Crippen LogP contribution in [0, 0.1) is 26.6 Å². The molecule has 2 N–H and O–H groups in total. The maximum atomic E-state index is 13.7. The van der Waals surface area contributed by atoms with Crippen LogP contribution in [0.5, 0.6) is 0 Å². The van der Waals surface area contributed by atoms with Crippen LogP contribution in [0.25, 0.3) is 5.69 Å². The molecule has 0 aliphatic carbocycles. The van der Waals surface area contributed by atoms with Gasteiger partial charge in [-0.15, -0.1) is 0 Å². The number of hydrogen-bond donors (Lipinski definition) is 2. The summed E-state index contributed by atoms with van der Waals surface area (Å²) in [7, 11) is 0. The number of carbonyl (C=O) groups is 1. The van der Waals surface area contributed by atoms with Gasteiger partial charge in [-0.05, 0) is 105 Å². The van der Waals surface area contributed by atoms with Crippen molar-refractivity contribution in [2.75, 3.05) is 10.2 Å². The Kier molecular flexibility index (Phi) is 6.99. The summed E-state index contributed by atoms with van der Waals surface area (Å²) >= 11 is 5.90. The van der Waals surface area contributed by atoms with Gasteiger partial charge < -0.3 is 20.1 Å². The van der Waals surface area contributed by atoms with Gasteiger partial charge in [-0.2, -0.15) is 0 Å². The van der Waals surface area contributed by atoms with E-state index in [1.54, 1.807) is 18.3 Å². The Morgan fingerprint density at radius 3 is 2.45 bits per heavy atom. The fraction of sp³-hybridized carbons (Fsp3) is 0.233. The number of thiocarbonyl (C=S) groups is 1. The highest BCUT2D eigenvalue weighted by atomic mass is 32.1. The van der Waals surface area contributed by atoms with Gasteiger partial charge in [0.2, 0.25) is 5.91 Å². The lowest BCUT2D eigenvalue weighted by atomic mass is 9.96. The standard InChI is InChI=1S/C30H30FN5OS/c1-5-27(37)33-25-14-13-23(16-18(25)2)36-29(28(34-30(36)38)26-8-6-7-15-32-26)24-17-19(3)35(20(24)4)22-11-9-21(31)10-12-22/h6-17,28-29H,5H2,1-4H3,(H,33,37)(H,34,38)/t28-,29-/m1/s1. The number of nitrogens with zero attached hydrogens (tertiary/aromatic N) is 3. The monoisotopic (exact) mass is 527 g/mol. The summed E-state index contributed by atoms with van der Waals surface area (Å²) in [6.45, 7) is 7.94. The number of carbonyl (C=O) groups excluding carboxylic acids is 1. The maximum absolute atomic E-state index is 13.7. The Morgan fingerprint density at radius 1 is 1.05 bits per heavy atom. The molecule has 38 heavy (non-hydrogen) atoms. The Bertz CT molecular complexity index is 1500. The van der Waals surface area contributed by atoms with Crippen LogP contribution in [0.1, 0.15) is 53.6 Å². The number of halogens is 1. The van der Waals surface area contributed by atoms with Crippen molar-refractivity contribution < 1.29 is 9.18 Å². The Morgan fingerprint density at radius 2 is 1.79 bits per heavy atom. The molecule has 1 saturated heterocycles. The third kappa shape index (κ3) is 4.67. The number of aryl methyl sites for hydroxylation is 2. The first-order chi connectivity index (χ1) is 18.3. The van der Waals surface area contributed by atoms with Gasteiger partial charge >= 0.3 is 0 Å². The molecule has 2 aromatic heterocycles. The zero-order valence-electron chi connectivity index (χ0n) is 21.8. The SMILES string of the molecule is CCC(=O)Nc1ccc(N2C(=S)N[C@H](c3ccccn3)[C@H]2c2cc(C)n(-c3ccc(F)cc3)c2C)cc1C. The normalized spacial score (nSPS) is 17.0. The van der Waals surface area contributed by atoms with Crippen molar-refractivity contribution in [3.8, 4) is 5.69 Å². The molecule has 0 unspecified atom stereocenters. The molecule has 6 nitrogen and oxygen atoms in total. The quantitative estimate of drug-likeness (QED) is 0.282. The van der Waals surface area contributed by atoms with Gasteiger partial charge in [0.15, 0.2) is 5.11 Å². The largest absolute Gasteiger partial charge is 0.351 e. The second-order valence-electron chi connectivity index (χ2n) is 9.54. The van der Waals surface area contributed by atoms with Crippen LogP contribution < -0.4 is 15.5 Å². The lowest BCUT2D eigenvalue weighted by molar-refractivity contribution is -0.115. The predicted octanol–water partition coefficient (Wildman–Crippen LogP) is 6.46. The second-order valence-corrected chi connectivity index (χ2v) is 9.92. The fourth-order valence-corrected chi connectivity index (χ4v) is 5.55. The number of nitrogens with one attached hydrogen (secondary N) is 2. The van der Waals surface area contributed by atoms with E-state index in [2.05, 4.69) is 45.0 Å². The zero-order chi connectivity index (χ0) is 27.0. The topological polar surface area (TPSA) is 62.2 Å². The van der Waals surface area contributed by atoms with Gasteiger partial charge in [0.25, 0.3) is 0 Å². The number of pyridine rings is 1. The van der Waals surface area contributed by atoms with E-state index in [-0.39, 0.29) is 23.8 Å². The number of anilines is 2. The maximum Gasteiger partial charge on any atom is 0.224 e. The van der Waals surface area contributed by atoms with Crippen molar-refractivity contribution >= 4 is 34.6 Å². The molecule has 1 fully saturated rings. The Labute approximate surface area is 227 Å². The predicted molar refractivity (Wildman–Crippen MR) is 153 cm³/mol. The molecule has 1 amide bonds. The average Bonchev–Trinajstić information content (AvgIpc) is 3.41. The van der Waals surface area contributed by atoms with Gasteiger partial charge in [0.1, 0.15) is 5.82 Å². The summed E-state index contributed by atoms with van der Waals surface area (Å²) in [5.41, 5.74) is 7.61. The van der Waals surface area contributed by atoms with Gasteiger partial charge in [-0.25, -0.2) is 4.39 Å². The fourth-order valence-electron chi connectivity index (χ4n) is 5.20. The molecule has 2 atom stereocenters. The van der Waals surface area contributed by atoms with Crippen molar-refractivity contribution in [1.82, 2.24) is 14.9 Å². The third-order valence-corrected chi connectivity index (χ3v) is 7.37. The number of aromatic nitrogens is 2. The molecule has 5 rings (SSSR count). The van der Waals surface area contributed by atoms with Crippen LogP contribution in [-0.2, 0) is 4.79 Å². The summed E-state index contributed by atoms with van der Waals surface area (Å²) in [5.74, 6) is -0.294. The van der Waals surface area contributed by atoms with Crippen molar-refractivity contribution in [1.29, 1.82) is 0 Å². The van der Waals surface area contributed by atoms with Crippen LogP contribution in [0.4, 0.5) is 15.8 Å². The average molecular weight is 528 g/mol. The van der Waals surface area contributed by atoms with Crippen LogP contribution in [0.3, 0.4) is 0 Å². The molecular formula is C30H30FN5OS. The molecule has 0 spiro atoms. The number of rotatable bonds is 6. The summed E-state index contributed by atoms with van der Waals surface area (Å²) in [4.78, 5) is 18.8. The summed E-state index contributed by atoms with van der Waals surface area (Å²) in [6.07, 6.45) is 2.20. The van der Waals surface area contributed by atoms with Gasteiger partial charge in [-0.1, -0.05) is 13.0 Å². The Balaban J connectivity index is 1.63. The van der Waals surface area contributed by atoms with Gasteiger partial charge in [-0.3, -0.25) is 9.78 Å². The molecule has 0 radical (unpaired) electrons. The van der Waals surface area contributed by atoms with Gasteiger partial charge in [0, 0.05) is 41.1 Å². The summed E-state index contributed by atoms with van der Waals surface area (Å²) in [6, 6.07) is 20.2. The highest BCUT2D eigenvalue weighted by Crippen LogP contribution is 2.44. The highest BCUT2D eigenvalue weighted by Gasteiger charge is 2.42. The lowest BCUT2D eigenvalue weighted by Gasteiger charge is -2.29. The number of benzene rings is 2. The molecule has 0 bridgehead atoms. The van der Waals surface area contributed by atoms with Crippen molar-refractivity contribution in [3.05, 3.63) is 107 Å². The molecule has 4 aromatic rings. The molecule has 3 heterocycles. The van der Waals surface area contributed by atoms with Gasteiger partial charge in [0.05, 0.1) is 17.8 Å². The van der Waals surface area contributed by atoms with E-state index in [1.165, 1.54) is 12.1 Å². The first-order valence-electron chi connectivity index (χ1n) is 12.6. The van der Waals surface area contributed by atoms with E-state index in [4.69, 9.17) is 12.2 Å². The third-order valence-electron chi connectivity index (χ3n) is 7.06. The zero-order valence-corrected chi connectivity index (χ0v) is 22.6. The van der Waals surface area contributed by atoms with Crippen LogP contribution >= 0.6 is 12.2 Å². The minimum atomic E-state index is -0.267. The van der Waals surface area contributed by atoms with Crippen molar-refractivity contribution in [3.63, 3.8) is 0 Å². The molecule has 0 saturated carbocycles. The summed E-state index contributed by atoms with van der Waals surface area (Å²) in [5, 5.41) is 7.07. The minimum absolute atomic E-state index is 0.0273. The summed E-state index contributed by atoms with van der Waals surface area (Å²) < 4.78 is 15.8. The first-order valence-corrected chi connectivity index (χ1v) is 13.0. The van der Waals surface area contributed by atoms with E-state index in [0.717, 1.165) is 45.3 Å². The smallest absolute Gasteiger partial charge is 0.224 e. The molecule has 8 heteroatoms. The van der Waals surface area contributed by atoms with Crippen LogP contribution in [0.15, 0.2) is 72.9 Å². The minimum Gasteiger partial charge on any atom is -0.351 e. The second kappa shape index (κ2) is 10.4.